The smallest absolute Gasteiger partial charge is 0.186 e. The van der Waals surface area contributed by atoms with Crippen LogP contribution >= 0.6 is 0 Å². The summed E-state index contributed by atoms with van der Waals surface area (Å²) in [4.78, 5) is 0. The molecule has 0 spiro atoms. The number of methoxy groups -OCH3 is 1. The Bertz CT molecular complexity index is 222. The Labute approximate surface area is 101 Å². The minimum absolute atomic E-state index is 0.0517. The van der Waals surface area contributed by atoms with Crippen molar-refractivity contribution in [2.45, 2.75) is 57.1 Å². The Hall–Kier alpha value is -0.240. The molecule has 3 N–H and O–H groups in total. The van der Waals surface area contributed by atoms with Crippen molar-refractivity contribution >= 4 is 0 Å². The van der Waals surface area contributed by atoms with E-state index in [0.29, 0.717) is 0 Å². The highest BCUT2D eigenvalue weighted by atomic mass is 16.7. The molecule has 17 heavy (non-hydrogen) atoms. The largest absolute Gasteiger partial charge is 0.387 e. The Morgan fingerprint density at radius 2 is 1.82 bits per heavy atom. The third kappa shape index (κ3) is 3.61. The van der Waals surface area contributed by atoms with E-state index < -0.39 is 30.7 Å². The monoisotopic (exact) mass is 250 g/mol. The van der Waals surface area contributed by atoms with Gasteiger partial charge in [-0.3, -0.25) is 0 Å². The molecule has 6 unspecified atom stereocenters. The first-order valence-electron chi connectivity index (χ1n) is 5.85. The summed E-state index contributed by atoms with van der Waals surface area (Å²) in [7, 11) is 1.37. The van der Waals surface area contributed by atoms with Crippen LogP contribution < -0.4 is 0 Å². The van der Waals surface area contributed by atoms with Gasteiger partial charge in [0.2, 0.25) is 0 Å². The van der Waals surface area contributed by atoms with Gasteiger partial charge in [-0.05, 0) is 13.3 Å². The Balaban J connectivity index is 2.53. The van der Waals surface area contributed by atoms with Crippen molar-refractivity contribution < 1.29 is 29.5 Å². The standard InChI is InChI=1S/C11H22O6/c1-4-6(2)16-5-7-8(12)9(13)10(14)11(15-3)17-7/h6-14H,4-5H2,1-3H3. The summed E-state index contributed by atoms with van der Waals surface area (Å²) in [6.45, 7) is 4.05. The molecule has 0 aromatic carbocycles. The minimum Gasteiger partial charge on any atom is -0.387 e. The van der Waals surface area contributed by atoms with Crippen LogP contribution in [0.25, 0.3) is 0 Å². The molecule has 6 heteroatoms. The zero-order chi connectivity index (χ0) is 13.0. The SMILES string of the molecule is CCC(C)OCC1OC(OC)C(O)C(O)C1O. The van der Waals surface area contributed by atoms with Crippen molar-refractivity contribution in [3.63, 3.8) is 0 Å². The predicted molar refractivity (Wildman–Crippen MR) is 59.4 cm³/mol. The Morgan fingerprint density at radius 3 is 2.35 bits per heavy atom. The molecule has 0 saturated carbocycles. The second-order valence-corrected chi connectivity index (χ2v) is 4.30. The molecule has 1 fully saturated rings. The van der Waals surface area contributed by atoms with Crippen molar-refractivity contribution in [3.05, 3.63) is 0 Å². The van der Waals surface area contributed by atoms with Crippen LogP contribution in [0.1, 0.15) is 20.3 Å². The van der Waals surface area contributed by atoms with Gasteiger partial charge in [-0.1, -0.05) is 6.92 Å². The molecular weight excluding hydrogens is 228 g/mol. The molecule has 6 nitrogen and oxygen atoms in total. The average molecular weight is 250 g/mol. The molecular formula is C11H22O6. The summed E-state index contributed by atoms with van der Waals surface area (Å²) in [6.07, 6.45) is -4.47. The van der Waals surface area contributed by atoms with Crippen molar-refractivity contribution in [1.29, 1.82) is 0 Å². The quantitative estimate of drug-likeness (QED) is 0.595. The van der Waals surface area contributed by atoms with E-state index in [-0.39, 0.29) is 12.7 Å². The van der Waals surface area contributed by atoms with Gasteiger partial charge in [-0.25, -0.2) is 0 Å². The molecule has 1 rings (SSSR count). The highest BCUT2D eigenvalue weighted by Crippen LogP contribution is 2.22. The van der Waals surface area contributed by atoms with Crippen LogP contribution in [-0.4, -0.2) is 65.8 Å². The highest BCUT2D eigenvalue weighted by molar-refractivity contribution is 4.89. The topological polar surface area (TPSA) is 88.4 Å². The maximum atomic E-state index is 9.74. The number of hydrogen-bond acceptors (Lipinski definition) is 6. The van der Waals surface area contributed by atoms with Crippen LogP contribution in [0.3, 0.4) is 0 Å². The molecule has 1 aliphatic rings. The van der Waals surface area contributed by atoms with E-state index in [1.54, 1.807) is 0 Å². The summed E-state index contributed by atoms with van der Waals surface area (Å²) >= 11 is 0. The lowest BCUT2D eigenvalue weighted by Crippen LogP contribution is -2.59. The lowest BCUT2D eigenvalue weighted by Gasteiger charge is -2.39. The van der Waals surface area contributed by atoms with Crippen molar-refractivity contribution in [2.24, 2.45) is 0 Å². The van der Waals surface area contributed by atoms with E-state index in [4.69, 9.17) is 14.2 Å². The van der Waals surface area contributed by atoms with Crippen molar-refractivity contribution in [3.8, 4) is 0 Å². The van der Waals surface area contributed by atoms with Gasteiger partial charge >= 0.3 is 0 Å². The van der Waals surface area contributed by atoms with Crippen LogP contribution in [-0.2, 0) is 14.2 Å². The first-order valence-corrected chi connectivity index (χ1v) is 5.85. The summed E-state index contributed by atoms with van der Waals surface area (Å²) < 4.78 is 15.6. The fraction of sp³-hybridized carbons (Fsp3) is 1.00. The molecule has 0 aromatic rings. The molecule has 6 atom stereocenters. The van der Waals surface area contributed by atoms with Gasteiger partial charge in [0.1, 0.15) is 24.4 Å². The molecule has 0 amide bonds. The zero-order valence-corrected chi connectivity index (χ0v) is 10.4. The van der Waals surface area contributed by atoms with Gasteiger partial charge < -0.3 is 29.5 Å². The zero-order valence-electron chi connectivity index (χ0n) is 10.4. The second-order valence-electron chi connectivity index (χ2n) is 4.30. The number of aliphatic hydroxyl groups is 3. The van der Waals surface area contributed by atoms with Gasteiger partial charge in [0.25, 0.3) is 0 Å². The maximum Gasteiger partial charge on any atom is 0.186 e. The van der Waals surface area contributed by atoms with E-state index in [9.17, 15) is 15.3 Å². The number of hydrogen-bond donors (Lipinski definition) is 3. The van der Waals surface area contributed by atoms with Crippen LogP contribution in [0.2, 0.25) is 0 Å². The summed E-state index contributed by atoms with van der Waals surface area (Å²) in [5.74, 6) is 0. The Kier molecular flexibility index (Phi) is 5.78. The minimum atomic E-state index is -1.29. The second kappa shape index (κ2) is 6.63. The van der Waals surface area contributed by atoms with Crippen LogP contribution in [0.4, 0.5) is 0 Å². The predicted octanol–water partition coefficient (Wildman–Crippen LogP) is -0.744. The molecule has 1 aliphatic heterocycles. The van der Waals surface area contributed by atoms with Gasteiger partial charge in [-0.2, -0.15) is 0 Å². The lowest BCUT2D eigenvalue weighted by molar-refractivity contribution is -0.297. The molecule has 102 valence electrons. The van der Waals surface area contributed by atoms with E-state index in [1.807, 2.05) is 13.8 Å². The van der Waals surface area contributed by atoms with E-state index in [1.165, 1.54) is 7.11 Å². The van der Waals surface area contributed by atoms with Gasteiger partial charge in [0.05, 0.1) is 12.7 Å². The molecule has 0 radical (unpaired) electrons. The summed E-state index contributed by atoms with van der Waals surface area (Å²) in [6, 6.07) is 0. The van der Waals surface area contributed by atoms with E-state index in [2.05, 4.69) is 0 Å². The Morgan fingerprint density at radius 1 is 1.18 bits per heavy atom. The maximum absolute atomic E-state index is 9.74. The van der Waals surface area contributed by atoms with Gasteiger partial charge in [-0.15, -0.1) is 0 Å². The fourth-order valence-corrected chi connectivity index (χ4v) is 1.63. The third-order valence-electron chi connectivity index (χ3n) is 3.02. The highest BCUT2D eigenvalue weighted by Gasteiger charge is 2.43. The van der Waals surface area contributed by atoms with E-state index >= 15 is 0 Å². The molecule has 0 aliphatic carbocycles. The summed E-state index contributed by atoms with van der Waals surface area (Å²) in [5, 5.41) is 28.9. The van der Waals surface area contributed by atoms with Crippen molar-refractivity contribution in [1.82, 2.24) is 0 Å². The van der Waals surface area contributed by atoms with Crippen LogP contribution in [0.15, 0.2) is 0 Å². The van der Waals surface area contributed by atoms with Gasteiger partial charge in [0.15, 0.2) is 6.29 Å². The first kappa shape index (κ1) is 14.8. The fourth-order valence-electron chi connectivity index (χ4n) is 1.63. The average Bonchev–Trinajstić information content (AvgIpc) is 2.34. The first-order chi connectivity index (χ1) is 8.01. The van der Waals surface area contributed by atoms with Crippen LogP contribution in [0, 0.1) is 0 Å². The molecule has 0 aromatic heterocycles. The van der Waals surface area contributed by atoms with Crippen molar-refractivity contribution in [2.75, 3.05) is 13.7 Å². The van der Waals surface area contributed by atoms with Crippen LogP contribution in [0.5, 0.6) is 0 Å². The lowest BCUT2D eigenvalue weighted by atomic mass is 9.99. The summed E-state index contributed by atoms with van der Waals surface area (Å²) in [5.41, 5.74) is 0. The number of aliphatic hydroxyl groups excluding tert-OH is 3. The molecule has 1 heterocycles. The van der Waals surface area contributed by atoms with E-state index in [0.717, 1.165) is 6.42 Å². The van der Waals surface area contributed by atoms with Gasteiger partial charge in [0, 0.05) is 7.11 Å². The normalized spacial score (nSPS) is 40.2. The third-order valence-corrected chi connectivity index (χ3v) is 3.02. The number of ether oxygens (including phenoxy) is 3. The molecule has 0 bridgehead atoms. The number of rotatable bonds is 5. The molecule has 1 saturated heterocycles.